The number of hydrogen-bond donors (Lipinski definition) is 1. The number of rotatable bonds is 5. The average molecular weight is 251 g/mol. The number of aromatic nitrogens is 1. The molecular formula is C10H16Cl2N2O. The zero-order valence-electron chi connectivity index (χ0n) is 8.87. The van der Waals surface area contributed by atoms with Crippen LogP contribution in [-0.4, -0.2) is 24.2 Å². The molecule has 1 rings (SSSR count). The number of likely N-dealkylation sites (N-methyl/N-ethyl adjacent to an activating group) is 1. The minimum atomic E-state index is 0. The lowest BCUT2D eigenvalue weighted by molar-refractivity contribution is 0.266. The van der Waals surface area contributed by atoms with Crippen molar-refractivity contribution in [1.29, 1.82) is 0 Å². The van der Waals surface area contributed by atoms with Crippen LogP contribution in [0.1, 0.15) is 13.8 Å². The summed E-state index contributed by atoms with van der Waals surface area (Å²) in [5.74, 6) is 0.610. The lowest BCUT2D eigenvalue weighted by Crippen LogP contribution is -2.31. The smallest absolute Gasteiger partial charge is 0.213 e. The average Bonchev–Trinajstić information content (AvgIpc) is 2.17. The van der Waals surface area contributed by atoms with Crippen LogP contribution in [0.2, 0.25) is 5.02 Å². The Bertz CT molecular complexity index is 267. The highest BCUT2D eigenvalue weighted by molar-refractivity contribution is 6.30. The van der Waals surface area contributed by atoms with Crippen LogP contribution in [0.25, 0.3) is 0 Å². The highest BCUT2D eigenvalue weighted by atomic mass is 35.5. The second kappa shape index (κ2) is 7.74. The second-order valence-electron chi connectivity index (χ2n) is 3.08. The zero-order chi connectivity index (χ0) is 10.4. The van der Waals surface area contributed by atoms with Crippen LogP contribution in [0.5, 0.6) is 5.88 Å². The summed E-state index contributed by atoms with van der Waals surface area (Å²) in [5.41, 5.74) is 0. The minimum Gasteiger partial charge on any atom is -0.476 e. The van der Waals surface area contributed by atoms with Crippen LogP contribution in [0.4, 0.5) is 0 Å². The molecule has 1 atom stereocenters. The molecule has 0 aliphatic heterocycles. The van der Waals surface area contributed by atoms with E-state index in [-0.39, 0.29) is 12.4 Å². The number of pyridine rings is 1. The molecule has 0 radical (unpaired) electrons. The van der Waals surface area contributed by atoms with Gasteiger partial charge in [0, 0.05) is 18.3 Å². The molecule has 0 saturated heterocycles. The predicted octanol–water partition coefficient (Wildman–Crippen LogP) is 2.53. The van der Waals surface area contributed by atoms with E-state index in [0.29, 0.717) is 23.6 Å². The maximum absolute atomic E-state index is 5.69. The molecule has 3 nitrogen and oxygen atoms in total. The Morgan fingerprint density at radius 3 is 2.80 bits per heavy atom. The molecule has 0 fully saturated rings. The van der Waals surface area contributed by atoms with Crippen molar-refractivity contribution in [2.45, 2.75) is 19.9 Å². The fraction of sp³-hybridized carbons (Fsp3) is 0.500. The standard InChI is InChI=1S/C10H15ClN2O.ClH/c1-3-12-8(2)7-14-10-5-4-9(11)6-13-10;/h4-6,8,12H,3,7H2,1-2H3;1H/t8-;/m0./s1. The highest BCUT2D eigenvalue weighted by Crippen LogP contribution is 2.11. The van der Waals surface area contributed by atoms with E-state index < -0.39 is 0 Å². The first kappa shape index (κ1) is 14.5. The van der Waals surface area contributed by atoms with E-state index in [0.717, 1.165) is 6.54 Å². The molecular weight excluding hydrogens is 235 g/mol. The maximum Gasteiger partial charge on any atom is 0.213 e. The number of nitrogens with one attached hydrogen (secondary N) is 1. The third-order valence-corrected chi connectivity index (χ3v) is 1.96. The first-order valence-electron chi connectivity index (χ1n) is 4.70. The van der Waals surface area contributed by atoms with Crippen LogP contribution in [0, 0.1) is 0 Å². The summed E-state index contributed by atoms with van der Waals surface area (Å²) in [5, 5.41) is 3.87. The Balaban J connectivity index is 0.00000196. The van der Waals surface area contributed by atoms with Crippen LogP contribution in [-0.2, 0) is 0 Å². The van der Waals surface area contributed by atoms with Gasteiger partial charge in [0.05, 0.1) is 5.02 Å². The van der Waals surface area contributed by atoms with Gasteiger partial charge in [-0.25, -0.2) is 4.98 Å². The lowest BCUT2D eigenvalue weighted by Gasteiger charge is -2.12. The molecule has 1 aromatic rings. The summed E-state index contributed by atoms with van der Waals surface area (Å²) >= 11 is 5.69. The van der Waals surface area contributed by atoms with Gasteiger partial charge in [-0.05, 0) is 19.5 Å². The van der Waals surface area contributed by atoms with Crippen molar-refractivity contribution in [3.8, 4) is 5.88 Å². The Morgan fingerprint density at radius 1 is 1.53 bits per heavy atom. The molecule has 1 heterocycles. The van der Waals surface area contributed by atoms with Crippen molar-refractivity contribution in [1.82, 2.24) is 10.3 Å². The summed E-state index contributed by atoms with van der Waals surface area (Å²) < 4.78 is 5.44. The third kappa shape index (κ3) is 5.82. The normalized spacial score (nSPS) is 11.7. The SMILES string of the molecule is CCN[C@@H](C)COc1ccc(Cl)cn1.Cl. The molecule has 0 saturated carbocycles. The van der Waals surface area contributed by atoms with Gasteiger partial charge in [0.25, 0.3) is 0 Å². The Hall–Kier alpha value is -0.510. The monoisotopic (exact) mass is 250 g/mol. The van der Waals surface area contributed by atoms with Gasteiger partial charge >= 0.3 is 0 Å². The molecule has 0 bridgehead atoms. The van der Waals surface area contributed by atoms with E-state index >= 15 is 0 Å². The number of ether oxygens (including phenoxy) is 1. The van der Waals surface area contributed by atoms with Crippen molar-refractivity contribution < 1.29 is 4.74 Å². The van der Waals surface area contributed by atoms with E-state index in [9.17, 15) is 0 Å². The Kier molecular flexibility index (Phi) is 7.48. The van der Waals surface area contributed by atoms with Crippen LogP contribution >= 0.6 is 24.0 Å². The summed E-state index contributed by atoms with van der Waals surface area (Å²) in [7, 11) is 0. The van der Waals surface area contributed by atoms with E-state index in [4.69, 9.17) is 16.3 Å². The van der Waals surface area contributed by atoms with Gasteiger partial charge < -0.3 is 10.1 Å². The van der Waals surface area contributed by atoms with Crippen molar-refractivity contribution in [3.63, 3.8) is 0 Å². The van der Waals surface area contributed by atoms with E-state index in [1.165, 1.54) is 0 Å². The first-order chi connectivity index (χ1) is 6.72. The van der Waals surface area contributed by atoms with Crippen molar-refractivity contribution >= 4 is 24.0 Å². The van der Waals surface area contributed by atoms with Crippen molar-refractivity contribution in [2.75, 3.05) is 13.2 Å². The van der Waals surface area contributed by atoms with Gasteiger partial charge in [-0.15, -0.1) is 12.4 Å². The fourth-order valence-corrected chi connectivity index (χ4v) is 1.18. The van der Waals surface area contributed by atoms with Gasteiger partial charge in [-0.3, -0.25) is 0 Å². The minimum absolute atomic E-state index is 0. The molecule has 0 aliphatic carbocycles. The molecule has 0 aliphatic rings. The van der Waals surface area contributed by atoms with Crippen LogP contribution < -0.4 is 10.1 Å². The Morgan fingerprint density at radius 2 is 2.27 bits per heavy atom. The largest absolute Gasteiger partial charge is 0.476 e. The summed E-state index contributed by atoms with van der Waals surface area (Å²) in [4.78, 5) is 4.03. The van der Waals surface area contributed by atoms with E-state index in [1.807, 2.05) is 0 Å². The van der Waals surface area contributed by atoms with Gasteiger partial charge in [0.1, 0.15) is 6.61 Å². The molecule has 5 heteroatoms. The van der Waals surface area contributed by atoms with Gasteiger partial charge in [0.15, 0.2) is 0 Å². The molecule has 0 unspecified atom stereocenters. The number of halogens is 2. The van der Waals surface area contributed by atoms with Crippen molar-refractivity contribution in [2.24, 2.45) is 0 Å². The first-order valence-corrected chi connectivity index (χ1v) is 5.08. The molecule has 1 N–H and O–H groups in total. The van der Waals surface area contributed by atoms with E-state index in [1.54, 1.807) is 18.3 Å². The fourth-order valence-electron chi connectivity index (χ4n) is 1.07. The van der Waals surface area contributed by atoms with Gasteiger partial charge in [-0.1, -0.05) is 18.5 Å². The van der Waals surface area contributed by atoms with Crippen molar-refractivity contribution in [3.05, 3.63) is 23.4 Å². The predicted molar refractivity (Wildman–Crippen MR) is 65.1 cm³/mol. The van der Waals surface area contributed by atoms with Gasteiger partial charge in [0.2, 0.25) is 5.88 Å². The lowest BCUT2D eigenvalue weighted by atomic mass is 10.3. The topological polar surface area (TPSA) is 34.1 Å². The molecule has 0 amide bonds. The molecule has 0 aromatic carbocycles. The molecule has 15 heavy (non-hydrogen) atoms. The highest BCUT2D eigenvalue weighted by Gasteiger charge is 2.01. The second-order valence-corrected chi connectivity index (χ2v) is 3.52. The van der Waals surface area contributed by atoms with Crippen LogP contribution in [0.15, 0.2) is 18.3 Å². The molecule has 86 valence electrons. The summed E-state index contributed by atoms with van der Waals surface area (Å²) in [6, 6.07) is 3.86. The zero-order valence-corrected chi connectivity index (χ0v) is 10.4. The van der Waals surface area contributed by atoms with E-state index in [2.05, 4.69) is 24.1 Å². The number of nitrogens with zero attached hydrogens (tertiary/aromatic N) is 1. The number of hydrogen-bond acceptors (Lipinski definition) is 3. The summed E-state index contributed by atoms with van der Waals surface area (Å²) in [6.45, 7) is 5.69. The quantitative estimate of drug-likeness (QED) is 0.873. The Labute approximate surface area is 102 Å². The van der Waals surface area contributed by atoms with Crippen LogP contribution in [0.3, 0.4) is 0 Å². The maximum atomic E-state index is 5.69. The molecule has 1 aromatic heterocycles. The summed E-state index contributed by atoms with van der Waals surface area (Å²) in [6.07, 6.45) is 1.58. The van der Waals surface area contributed by atoms with Gasteiger partial charge in [-0.2, -0.15) is 0 Å². The third-order valence-electron chi connectivity index (χ3n) is 1.73. The molecule has 0 spiro atoms.